The van der Waals surface area contributed by atoms with Gasteiger partial charge in [0, 0.05) is 5.56 Å². The number of aryl methyl sites for hydroxylation is 1. The van der Waals surface area contributed by atoms with E-state index in [4.69, 9.17) is 5.21 Å². The predicted molar refractivity (Wildman–Crippen MR) is 84.8 cm³/mol. The van der Waals surface area contributed by atoms with Crippen LogP contribution in [0.25, 0.3) is 0 Å². The van der Waals surface area contributed by atoms with Crippen molar-refractivity contribution in [2.45, 2.75) is 11.8 Å². The summed E-state index contributed by atoms with van der Waals surface area (Å²) in [6.45, 7) is 1.87. The van der Waals surface area contributed by atoms with E-state index < -0.39 is 10.0 Å². The largest absolute Gasteiger partial charge is 0.411 e. The quantitative estimate of drug-likeness (QED) is 0.503. The average Bonchev–Trinajstić information content (AvgIpc) is 2.53. The number of hydrogen-bond acceptors (Lipinski definition) is 5. The molecule has 2 rings (SSSR count). The first-order valence-corrected chi connectivity index (χ1v) is 7.90. The average molecular weight is 317 g/mol. The lowest BCUT2D eigenvalue weighted by Crippen LogP contribution is -2.21. The van der Waals surface area contributed by atoms with Gasteiger partial charge in [0.25, 0.3) is 10.0 Å². The van der Waals surface area contributed by atoms with Crippen LogP contribution in [0.15, 0.2) is 69.7 Å². The van der Waals surface area contributed by atoms with Crippen LogP contribution < -0.4 is 4.83 Å². The van der Waals surface area contributed by atoms with E-state index >= 15 is 0 Å². The number of hydrazone groups is 1. The summed E-state index contributed by atoms with van der Waals surface area (Å²) in [4.78, 5) is 2.24. The van der Waals surface area contributed by atoms with E-state index in [9.17, 15) is 8.42 Å². The minimum atomic E-state index is -3.78. The van der Waals surface area contributed by atoms with Gasteiger partial charge in [0.05, 0.1) is 11.1 Å². The molecule has 0 amide bonds. The predicted octanol–water partition coefficient (Wildman–Crippen LogP) is 2.14. The summed E-state index contributed by atoms with van der Waals surface area (Å²) >= 11 is 0. The third-order valence-corrected chi connectivity index (χ3v) is 4.09. The first-order valence-electron chi connectivity index (χ1n) is 6.42. The number of nitrogens with one attached hydrogen (secondary N) is 1. The van der Waals surface area contributed by atoms with Crippen molar-refractivity contribution in [3.63, 3.8) is 0 Å². The summed E-state index contributed by atoms with van der Waals surface area (Å²) in [5.74, 6) is 0. The molecule has 0 saturated heterocycles. The maximum absolute atomic E-state index is 12.2. The fraction of sp³-hybridized carbons (Fsp3) is 0.0667. The molecule has 0 aliphatic heterocycles. The van der Waals surface area contributed by atoms with Gasteiger partial charge in [-0.05, 0) is 19.1 Å². The van der Waals surface area contributed by atoms with E-state index in [0.717, 1.165) is 11.8 Å². The molecule has 7 heteroatoms. The van der Waals surface area contributed by atoms with E-state index in [2.05, 4.69) is 15.1 Å². The zero-order valence-electron chi connectivity index (χ0n) is 11.8. The van der Waals surface area contributed by atoms with Gasteiger partial charge in [0.1, 0.15) is 5.71 Å². The topological polar surface area (TPSA) is 91.1 Å². The number of oxime groups is 1. The Bertz CT molecular complexity index is 783. The standard InChI is InChI=1S/C15H15N3O3S/c1-12-7-9-14(10-8-12)22(20,21)18-17-15(11-16-19)13-5-3-2-4-6-13/h2-11,18-19H,1H3/b16-11-,17-15+. The Morgan fingerprint density at radius 1 is 1.09 bits per heavy atom. The molecule has 0 heterocycles. The van der Waals surface area contributed by atoms with E-state index in [1.165, 1.54) is 12.1 Å². The molecular formula is C15H15N3O3S. The Morgan fingerprint density at radius 3 is 2.32 bits per heavy atom. The number of sulfonamides is 1. The molecule has 2 N–H and O–H groups in total. The lowest BCUT2D eigenvalue weighted by Gasteiger charge is -2.05. The molecule has 2 aromatic rings. The fourth-order valence-corrected chi connectivity index (χ4v) is 2.53. The minimum absolute atomic E-state index is 0.107. The number of nitrogens with zero attached hydrogens (tertiary/aromatic N) is 2. The second kappa shape index (κ2) is 6.86. The van der Waals surface area contributed by atoms with Gasteiger partial charge in [-0.1, -0.05) is 53.2 Å². The second-order valence-corrected chi connectivity index (χ2v) is 6.18. The van der Waals surface area contributed by atoms with Gasteiger partial charge in [-0.25, -0.2) is 0 Å². The maximum Gasteiger partial charge on any atom is 0.276 e. The molecule has 0 unspecified atom stereocenters. The molecular weight excluding hydrogens is 302 g/mol. The van der Waals surface area contributed by atoms with E-state index in [-0.39, 0.29) is 10.6 Å². The summed E-state index contributed by atoms with van der Waals surface area (Å²) in [7, 11) is -3.78. The molecule has 0 radical (unpaired) electrons. The number of rotatable bonds is 5. The molecule has 0 saturated carbocycles. The van der Waals surface area contributed by atoms with Crippen molar-refractivity contribution in [1.29, 1.82) is 0 Å². The van der Waals surface area contributed by atoms with Crippen molar-refractivity contribution in [2.24, 2.45) is 10.3 Å². The summed E-state index contributed by atoms with van der Waals surface area (Å²) in [6, 6.07) is 15.2. The summed E-state index contributed by atoms with van der Waals surface area (Å²) < 4.78 is 24.3. The maximum atomic E-state index is 12.2. The van der Waals surface area contributed by atoms with Crippen LogP contribution in [-0.4, -0.2) is 25.6 Å². The summed E-state index contributed by atoms with van der Waals surface area (Å²) in [6.07, 6.45) is 1.06. The van der Waals surface area contributed by atoms with E-state index in [1.807, 2.05) is 13.0 Å². The lowest BCUT2D eigenvalue weighted by atomic mass is 10.1. The molecule has 0 bridgehead atoms. The SMILES string of the molecule is Cc1ccc(S(=O)(=O)N/N=C(\C=N/O)c2ccccc2)cc1. The van der Waals surface area contributed by atoms with Crippen molar-refractivity contribution in [1.82, 2.24) is 4.83 Å². The van der Waals surface area contributed by atoms with Crippen molar-refractivity contribution >= 4 is 21.9 Å². The zero-order chi connectivity index (χ0) is 16.0. The van der Waals surface area contributed by atoms with Crippen LogP contribution in [0.5, 0.6) is 0 Å². The Balaban J connectivity index is 2.29. The number of benzene rings is 2. The minimum Gasteiger partial charge on any atom is -0.411 e. The van der Waals surface area contributed by atoms with Crippen LogP contribution in [-0.2, 0) is 10.0 Å². The van der Waals surface area contributed by atoms with Crippen molar-refractivity contribution in [3.05, 3.63) is 65.7 Å². The highest BCUT2D eigenvalue weighted by Gasteiger charge is 2.13. The monoisotopic (exact) mass is 317 g/mol. The first-order chi connectivity index (χ1) is 10.5. The van der Waals surface area contributed by atoms with Crippen LogP contribution in [0.2, 0.25) is 0 Å². The highest BCUT2D eigenvalue weighted by atomic mass is 32.2. The van der Waals surface area contributed by atoms with Crippen LogP contribution in [0.1, 0.15) is 11.1 Å². The van der Waals surface area contributed by atoms with Crippen molar-refractivity contribution in [3.8, 4) is 0 Å². The third kappa shape index (κ3) is 3.92. The van der Waals surface area contributed by atoms with Crippen LogP contribution in [0.3, 0.4) is 0 Å². The third-order valence-electron chi connectivity index (χ3n) is 2.87. The second-order valence-electron chi connectivity index (χ2n) is 4.52. The van der Waals surface area contributed by atoms with Gasteiger partial charge in [-0.2, -0.15) is 18.4 Å². The van der Waals surface area contributed by atoms with Gasteiger partial charge >= 0.3 is 0 Å². The van der Waals surface area contributed by atoms with Crippen LogP contribution in [0.4, 0.5) is 0 Å². The molecule has 0 aromatic heterocycles. The smallest absolute Gasteiger partial charge is 0.276 e. The normalized spacial score (nSPS) is 12.5. The highest BCUT2D eigenvalue weighted by molar-refractivity contribution is 7.89. The van der Waals surface area contributed by atoms with Gasteiger partial charge in [-0.15, -0.1) is 0 Å². The van der Waals surface area contributed by atoms with E-state index in [0.29, 0.717) is 5.56 Å². The molecule has 0 aliphatic rings. The molecule has 2 aromatic carbocycles. The van der Waals surface area contributed by atoms with Crippen molar-refractivity contribution in [2.75, 3.05) is 0 Å². The molecule has 0 spiro atoms. The van der Waals surface area contributed by atoms with Crippen LogP contribution >= 0.6 is 0 Å². The molecule has 0 aliphatic carbocycles. The summed E-state index contributed by atoms with van der Waals surface area (Å²) in [5, 5.41) is 15.4. The molecule has 22 heavy (non-hydrogen) atoms. The Labute approximate surface area is 128 Å². The van der Waals surface area contributed by atoms with Gasteiger partial charge < -0.3 is 5.21 Å². The molecule has 6 nitrogen and oxygen atoms in total. The fourth-order valence-electron chi connectivity index (χ4n) is 1.71. The zero-order valence-corrected chi connectivity index (χ0v) is 12.7. The lowest BCUT2D eigenvalue weighted by molar-refractivity contribution is 0.322. The van der Waals surface area contributed by atoms with E-state index in [1.54, 1.807) is 36.4 Å². The van der Waals surface area contributed by atoms with Gasteiger partial charge in [-0.3, -0.25) is 0 Å². The first kappa shape index (κ1) is 15.7. The summed E-state index contributed by atoms with van der Waals surface area (Å²) in [5.41, 5.74) is 1.77. The molecule has 0 atom stereocenters. The molecule has 114 valence electrons. The molecule has 0 fully saturated rings. The van der Waals surface area contributed by atoms with Gasteiger partial charge in [0.15, 0.2) is 0 Å². The Morgan fingerprint density at radius 2 is 1.73 bits per heavy atom. The Hall–Kier alpha value is -2.67. The highest BCUT2D eigenvalue weighted by Crippen LogP contribution is 2.10. The van der Waals surface area contributed by atoms with Crippen molar-refractivity contribution < 1.29 is 13.6 Å². The van der Waals surface area contributed by atoms with Crippen LogP contribution in [0, 0.1) is 6.92 Å². The van der Waals surface area contributed by atoms with Gasteiger partial charge in [0.2, 0.25) is 0 Å². The Kier molecular flexibility index (Phi) is 4.90. The number of hydrogen-bond donors (Lipinski definition) is 2.